The Morgan fingerprint density at radius 3 is 2.48 bits per heavy atom. The molecule has 0 radical (unpaired) electrons. The highest BCUT2D eigenvalue weighted by atomic mass is 19.1. The SMILES string of the molecule is CC(CC(=O)Nc1cc(C(=O)O)ccc1F)CC(C)(C)C. The smallest absolute Gasteiger partial charge is 0.335 e. The van der Waals surface area contributed by atoms with Crippen molar-refractivity contribution in [3.8, 4) is 0 Å². The highest BCUT2D eigenvalue weighted by molar-refractivity contribution is 5.94. The van der Waals surface area contributed by atoms with Gasteiger partial charge in [0.05, 0.1) is 11.3 Å². The summed E-state index contributed by atoms with van der Waals surface area (Å²) >= 11 is 0. The number of nitrogens with one attached hydrogen (secondary N) is 1. The van der Waals surface area contributed by atoms with E-state index in [1.54, 1.807) is 0 Å². The van der Waals surface area contributed by atoms with Crippen LogP contribution in [0.15, 0.2) is 18.2 Å². The lowest BCUT2D eigenvalue weighted by Gasteiger charge is -2.22. The van der Waals surface area contributed by atoms with E-state index in [1.165, 1.54) is 0 Å². The Bertz CT molecular complexity index is 535. The zero-order valence-corrected chi connectivity index (χ0v) is 12.9. The lowest BCUT2D eigenvalue weighted by molar-refractivity contribution is -0.117. The van der Waals surface area contributed by atoms with Gasteiger partial charge in [-0.2, -0.15) is 0 Å². The number of amides is 1. The first-order chi connectivity index (χ1) is 9.58. The molecular weight excluding hydrogens is 273 g/mol. The van der Waals surface area contributed by atoms with Crippen LogP contribution in [0.3, 0.4) is 0 Å². The Morgan fingerprint density at radius 1 is 1.33 bits per heavy atom. The average molecular weight is 295 g/mol. The molecule has 0 bridgehead atoms. The summed E-state index contributed by atoms with van der Waals surface area (Å²) in [5, 5.41) is 11.3. The van der Waals surface area contributed by atoms with Crippen LogP contribution in [0.2, 0.25) is 0 Å². The predicted molar refractivity (Wildman–Crippen MR) is 79.8 cm³/mol. The van der Waals surface area contributed by atoms with Crippen molar-refractivity contribution in [1.82, 2.24) is 0 Å². The molecule has 2 N–H and O–H groups in total. The maximum Gasteiger partial charge on any atom is 0.335 e. The van der Waals surface area contributed by atoms with E-state index in [-0.39, 0.29) is 34.9 Å². The van der Waals surface area contributed by atoms with Crippen molar-refractivity contribution >= 4 is 17.6 Å². The second-order valence-corrected chi connectivity index (χ2v) is 6.62. The van der Waals surface area contributed by atoms with Crippen LogP contribution in [-0.2, 0) is 4.79 Å². The molecule has 0 saturated heterocycles. The zero-order valence-electron chi connectivity index (χ0n) is 12.9. The Labute approximate surface area is 124 Å². The number of hydrogen-bond acceptors (Lipinski definition) is 2. The van der Waals surface area contributed by atoms with Crippen LogP contribution in [0, 0.1) is 17.2 Å². The van der Waals surface area contributed by atoms with Crippen molar-refractivity contribution in [3.05, 3.63) is 29.6 Å². The first kappa shape index (κ1) is 17.1. The van der Waals surface area contributed by atoms with E-state index in [9.17, 15) is 14.0 Å². The van der Waals surface area contributed by atoms with Gasteiger partial charge in [-0.1, -0.05) is 27.7 Å². The van der Waals surface area contributed by atoms with Crippen LogP contribution in [0.25, 0.3) is 0 Å². The van der Waals surface area contributed by atoms with Gasteiger partial charge >= 0.3 is 5.97 Å². The van der Waals surface area contributed by atoms with Crippen LogP contribution < -0.4 is 5.32 Å². The number of carboxylic acid groups (broad SMARTS) is 1. The summed E-state index contributed by atoms with van der Waals surface area (Å²) in [7, 11) is 0. The number of benzene rings is 1. The van der Waals surface area contributed by atoms with Gasteiger partial charge in [0.2, 0.25) is 5.91 Å². The molecule has 1 rings (SSSR count). The normalized spacial score (nSPS) is 12.8. The monoisotopic (exact) mass is 295 g/mol. The number of halogens is 1. The molecular formula is C16H22FNO3. The van der Waals surface area contributed by atoms with Gasteiger partial charge in [0, 0.05) is 6.42 Å². The Kier molecular flexibility index (Phi) is 5.47. The van der Waals surface area contributed by atoms with Crippen LogP contribution in [-0.4, -0.2) is 17.0 Å². The highest BCUT2D eigenvalue weighted by Crippen LogP contribution is 2.26. The lowest BCUT2D eigenvalue weighted by atomic mass is 9.84. The number of rotatable bonds is 5. The van der Waals surface area contributed by atoms with E-state index in [2.05, 4.69) is 26.1 Å². The number of aromatic carboxylic acids is 1. The van der Waals surface area contributed by atoms with Gasteiger partial charge in [-0.25, -0.2) is 9.18 Å². The number of carbonyl (C=O) groups excluding carboxylic acids is 1. The van der Waals surface area contributed by atoms with Gasteiger partial charge in [-0.05, 0) is 36.0 Å². The molecule has 0 aliphatic heterocycles. The summed E-state index contributed by atoms with van der Waals surface area (Å²) in [6, 6.07) is 3.33. The molecule has 1 amide bonds. The summed E-state index contributed by atoms with van der Waals surface area (Å²) in [6.45, 7) is 8.25. The Balaban J connectivity index is 2.71. The van der Waals surface area contributed by atoms with Crippen LogP contribution in [0.1, 0.15) is 50.9 Å². The van der Waals surface area contributed by atoms with E-state index in [1.807, 2.05) is 6.92 Å². The molecule has 0 aliphatic carbocycles. The number of carboxylic acids is 1. The summed E-state index contributed by atoms with van der Waals surface area (Å²) in [4.78, 5) is 22.8. The number of hydrogen-bond donors (Lipinski definition) is 2. The molecule has 1 aromatic carbocycles. The first-order valence-electron chi connectivity index (χ1n) is 6.91. The topological polar surface area (TPSA) is 66.4 Å². The minimum absolute atomic E-state index is 0.0607. The molecule has 1 atom stereocenters. The van der Waals surface area contributed by atoms with Crippen molar-refractivity contribution in [1.29, 1.82) is 0 Å². The first-order valence-corrected chi connectivity index (χ1v) is 6.91. The van der Waals surface area contributed by atoms with Crippen LogP contribution in [0.5, 0.6) is 0 Å². The minimum atomic E-state index is -1.16. The van der Waals surface area contributed by atoms with E-state index in [4.69, 9.17) is 5.11 Å². The van der Waals surface area contributed by atoms with Gasteiger partial charge in [0.15, 0.2) is 0 Å². The Morgan fingerprint density at radius 2 is 1.95 bits per heavy atom. The summed E-state index contributed by atoms with van der Waals surface area (Å²) in [6.07, 6.45) is 1.14. The minimum Gasteiger partial charge on any atom is -0.478 e. The summed E-state index contributed by atoms with van der Waals surface area (Å²) in [5.74, 6) is -1.95. The third-order valence-electron chi connectivity index (χ3n) is 2.98. The van der Waals surface area contributed by atoms with Gasteiger partial charge < -0.3 is 10.4 Å². The molecule has 0 fully saturated rings. The second-order valence-electron chi connectivity index (χ2n) is 6.62. The van der Waals surface area contributed by atoms with Crippen molar-refractivity contribution < 1.29 is 19.1 Å². The van der Waals surface area contributed by atoms with Crippen molar-refractivity contribution in [2.75, 3.05) is 5.32 Å². The molecule has 116 valence electrons. The third-order valence-corrected chi connectivity index (χ3v) is 2.98. The highest BCUT2D eigenvalue weighted by Gasteiger charge is 2.18. The molecule has 5 heteroatoms. The molecule has 1 unspecified atom stereocenters. The number of carbonyl (C=O) groups is 2. The second kappa shape index (κ2) is 6.70. The largest absolute Gasteiger partial charge is 0.478 e. The van der Waals surface area contributed by atoms with E-state index in [0.29, 0.717) is 0 Å². The fraction of sp³-hybridized carbons (Fsp3) is 0.500. The molecule has 0 spiro atoms. The molecule has 0 saturated carbocycles. The standard InChI is InChI=1S/C16H22FNO3/c1-10(9-16(2,3)4)7-14(19)18-13-8-11(15(20)21)5-6-12(13)17/h5-6,8,10H,7,9H2,1-4H3,(H,18,19)(H,20,21). The van der Waals surface area contributed by atoms with Gasteiger partial charge in [-0.15, -0.1) is 0 Å². The summed E-state index contributed by atoms with van der Waals surface area (Å²) in [5.41, 5.74) is -0.0361. The zero-order chi connectivity index (χ0) is 16.2. The molecule has 21 heavy (non-hydrogen) atoms. The fourth-order valence-corrected chi connectivity index (χ4v) is 2.39. The quantitative estimate of drug-likeness (QED) is 0.865. The van der Waals surface area contributed by atoms with Crippen LogP contribution in [0.4, 0.5) is 10.1 Å². The maximum atomic E-state index is 13.6. The fourth-order valence-electron chi connectivity index (χ4n) is 2.39. The molecule has 0 aliphatic rings. The van der Waals surface area contributed by atoms with Gasteiger partial charge in [-0.3, -0.25) is 4.79 Å². The molecule has 4 nitrogen and oxygen atoms in total. The number of anilines is 1. The van der Waals surface area contributed by atoms with Crippen molar-refractivity contribution in [2.45, 2.75) is 40.5 Å². The Hall–Kier alpha value is -1.91. The van der Waals surface area contributed by atoms with Crippen molar-refractivity contribution in [3.63, 3.8) is 0 Å². The summed E-state index contributed by atoms with van der Waals surface area (Å²) < 4.78 is 13.6. The van der Waals surface area contributed by atoms with E-state index >= 15 is 0 Å². The average Bonchev–Trinajstić information content (AvgIpc) is 2.28. The third kappa shape index (κ3) is 5.94. The van der Waals surface area contributed by atoms with Crippen LogP contribution >= 0.6 is 0 Å². The maximum absolute atomic E-state index is 13.6. The van der Waals surface area contributed by atoms with Crippen molar-refractivity contribution in [2.24, 2.45) is 11.3 Å². The predicted octanol–water partition coefficient (Wildman–Crippen LogP) is 3.92. The molecule has 0 aromatic heterocycles. The van der Waals surface area contributed by atoms with Gasteiger partial charge in [0.1, 0.15) is 5.82 Å². The van der Waals surface area contributed by atoms with Gasteiger partial charge in [0.25, 0.3) is 0 Å². The molecule has 0 heterocycles. The molecule has 1 aromatic rings. The van der Waals surface area contributed by atoms with E-state index < -0.39 is 11.8 Å². The lowest BCUT2D eigenvalue weighted by Crippen LogP contribution is -2.19. The van der Waals surface area contributed by atoms with E-state index in [0.717, 1.165) is 24.6 Å².